The Balaban J connectivity index is 1.89. The summed E-state index contributed by atoms with van der Waals surface area (Å²) in [6.45, 7) is 0. The second-order valence-corrected chi connectivity index (χ2v) is 5.19. The number of methoxy groups -OCH3 is 2. The normalized spacial score (nSPS) is 10.2. The van der Waals surface area contributed by atoms with Gasteiger partial charge in [-0.2, -0.15) is 0 Å². The molecule has 0 unspecified atom stereocenters. The lowest BCUT2D eigenvalue weighted by molar-refractivity contribution is 0.0601. The Morgan fingerprint density at radius 2 is 1.84 bits per heavy atom. The van der Waals surface area contributed by atoms with E-state index in [1.165, 1.54) is 13.4 Å². The second kappa shape index (κ2) is 7.44. The number of carbonyl (C=O) groups excluding carboxylic acids is 1. The summed E-state index contributed by atoms with van der Waals surface area (Å²) in [5.41, 5.74) is 2.80. The maximum Gasteiger partial charge on any atom is 0.337 e. The number of nitrogens with one attached hydrogen (secondary N) is 1. The van der Waals surface area contributed by atoms with Crippen LogP contribution in [-0.2, 0) is 4.74 Å². The Morgan fingerprint density at radius 1 is 1.00 bits per heavy atom. The van der Waals surface area contributed by atoms with Gasteiger partial charge in [-0.25, -0.2) is 14.8 Å². The molecule has 1 heterocycles. The maximum absolute atomic E-state index is 11.6. The minimum absolute atomic E-state index is 0.388. The van der Waals surface area contributed by atoms with Crippen molar-refractivity contribution >= 4 is 17.5 Å². The molecule has 3 aromatic rings. The van der Waals surface area contributed by atoms with Gasteiger partial charge in [0, 0.05) is 17.3 Å². The summed E-state index contributed by atoms with van der Waals surface area (Å²) >= 11 is 0. The van der Waals surface area contributed by atoms with E-state index in [9.17, 15) is 4.79 Å². The average molecular weight is 335 g/mol. The van der Waals surface area contributed by atoms with Gasteiger partial charge >= 0.3 is 5.97 Å². The Hall–Kier alpha value is -3.41. The Kier molecular flexibility index (Phi) is 4.89. The van der Waals surface area contributed by atoms with Crippen molar-refractivity contribution in [3.8, 4) is 17.0 Å². The van der Waals surface area contributed by atoms with Crippen molar-refractivity contribution in [1.29, 1.82) is 0 Å². The summed E-state index contributed by atoms with van der Waals surface area (Å²) in [5.74, 6) is 0.957. The van der Waals surface area contributed by atoms with Gasteiger partial charge in [-0.05, 0) is 30.3 Å². The molecular formula is C19H17N3O3. The molecule has 3 rings (SSSR count). The molecular weight excluding hydrogens is 318 g/mol. The molecule has 0 atom stereocenters. The molecule has 0 aliphatic carbocycles. The van der Waals surface area contributed by atoms with Crippen molar-refractivity contribution in [3.63, 3.8) is 0 Å². The van der Waals surface area contributed by atoms with Gasteiger partial charge in [-0.1, -0.05) is 18.2 Å². The second-order valence-electron chi connectivity index (χ2n) is 5.19. The molecule has 1 N–H and O–H groups in total. The summed E-state index contributed by atoms with van der Waals surface area (Å²) in [4.78, 5) is 20.2. The lowest BCUT2D eigenvalue weighted by Crippen LogP contribution is -2.02. The van der Waals surface area contributed by atoms with Crippen LogP contribution < -0.4 is 10.1 Å². The smallest absolute Gasteiger partial charge is 0.337 e. The molecule has 0 aliphatic rings. The maximum atomic E-state index is 11.6. The van der Waals surface area contributed by atoms with Crippen LogP contribution in [0.1, 0.15) is 10.4 Å². The van der Waals surface area contributed by atoms with Crippen molar-refractivity contribution in [2.45, 2.75) is 0 Å². The third-order valence-corrected chi connectivity index (χ3v) is 3.61. The summed E-state index contributed by atoms with van der Waals surface area (Å²) < 4.78 is 10.1. The minimum atomic E-state index is -0.388. The molecule has 6 heteroatoms. The molecule has 6 nitrogen and oxygen atoms in total. The van der Waals surface area contributed by atoms with Gasteiger partial charge in [-0.3, -0.25) is 0 Å². The summed E-state index contributed by atoms with van der Waals surface area (Å²) in [7, 11) is 2.98. The van der Waals surface area contributed by atoms with E-state index in [1.807, 2.05) is 36.4 Å². The highest BCUT2D eigenvalue weighted by Crippen LogP contribution is 2.29. The van der Waals surface area contributed by atoms with E-state index in [0.29, 0.717) is 11.4 Å². The number of esters is 1. The first-order valence-electron chi connectivity index (χ1n) is 7.62. The van der Waals surface area contributed by atoms with Crippen LogP contribution in [0.25, 0.3) is 11.3 Å². The molecule has 0 spiro atoms. The van der Waals surface area contributed by atoms with Crippen LogP contribution in [0.2, 0.25) is 0 Å². The number of para-hydroxylation sites is 1. The van der Waals surface area contributed by atoms with Crippen LogP contribution in [-0.4, -0.2) is 30.2 Å². The van der Waals surface area contributed by atoms with Crippen molar-refractivity contribution in [2.24, 2.45) is 0 Å². The quantitative estimate of drug-likeness (QED) is 0.717. The van der Waals surface area contributed by atoms with Gasteiger partial charge in [0.1, 0.15) is 17.9 Å². The van der Waals surface area contributed by atoms with Crippen molar-refractivity contribution in [1.82, 2.24) is 9.97 Å². The fraction of sp³-hybridized carbons (Fsp3) is 0.105. The SMILES string of the molecule is COC(=O)c1cccc(Nc2cc(-c3ccccc3OC)ncn2)c1. The van der Waals surface area contributed by atoms with Gasteiger partial charge in [0.15, 0.2) is 0 Å². The number of ether oxygens (including phenoxy) is 2. The first-order chi connectivity index (χ1) is 12.2. The van der Waals surface area contributed by atoms with Crippen LogP contribution in [0.15, 0.2) is 60.9 Å². The first kappa shape index (κ1) is 16.4. The third-order valence-electron chi connectivity index (χ3n) is 3.61. The average Bonchev–Trinajstić information content (AvgIpc) is 2.67. The highest BCUT2D eigenvalue weighted by Gasteiger charge is 2.09. The highest BCUT2D eigenvalue weighted by atomic mass is 16.5. The van der Waals surface area contributed by atoms with E-state index < -0.39 is 0 Å². The molecule has 0 bridgehead atoms. The van der Waals surface area contributed by atoms with Gasteiger partial charge in [0.2, 0.25) is 0 Å². The molecule has 0 saturated carbocycles. The molecule has 0 saturated heterocycles. The van der Waals surface area contributed by atoms with Gasteiger partial charge in [0.05, 0.1) is 25.5 Å². The van der Waals surface area contributed by atoms with E-state index in [0.717, 1.165) is 22.7 Å². The number of rotatable bonds is 5. The van der Waals surface area contributed by atoms with E-state index >= 15 is 0 Å². The number of nitrogens with zero attached hydrogens (tertiary/aromatic N) is 2. The highest BCUT2D eigenvalue weighted by molar-refractivity contribution is 5.90. The van der Waals surface area contributed by atoms with Crippen molar-refractivity contribution in [3.05, 3.63) is 66.5 Å². The number of anilines is 2. The Bertz CT molecular complexity index is 896. The summed E-state index contributed by atoms with van der Waals surface area (Å²) in [6.07, 6.45) is 1.48. The minimum Gasteiger partial charge on any atom is -0.496 e. The zero-order chi connectivity index (χ0) is 17.6. The molecule has 0 fully saturated rings. The number of aromatic nitrogens is 2. The monoisotopic (exact) mass is 335 g/mol. The van der Waals surface area contributed by atoms with E-state index in [1.54, 1.807) is 25.3 Å². The molecule has 126 valence electrons. The van der Waals surface area contributed by atoms with Gasteiger partial charge in [-0.15, -0.1) is 0 Å². The van der Waals surface area contributed by atoms with Gasteiger partial charge < -0.3 is 14.8 Å². The zero-order valence-corrected chi connectivity index (χ0v) is 13.9. The fourth-order valence-electron chi connectivity index (χ4n) is 2.42. The number of hydrogen-bond donors (Lipinski definition) is 1. The molecule has 0 aliphatic heterocycles. The van der Waals surface area contributed by atoms with E-state index in [2.05, 4.69) is 15.3 Å². The molecule has 2 aromatic carbocycles. The third kappa shape index (κ3) is 3.74. The fourth-order valence-corrected chi connectivity index (χ4v) is 2.42. The largest absolute Gasteiger partial charge is 0.496 e. The lowest BCUT2D eigenvalue weighted by Gasteiger charge is -2.10. The Labute approximate surface area is 145 Å². The molecule has 0 amide bonds. The summed E-state index contributed by atoms with van der Waals surface area (Å²) in [5, 5.41) is 3.17. The molecule has 1 aromatic heterocycles. The predicted molar refractivity (Wildman–Crippen MR) is 95.1 cm³/mol. The molecule has 25 heavy (non-hydrogen) atoms. The zero-order valence-electron chi connectivity index (χ0n) is 13.9. The first-order valence-corrected chi connectivity index (χ1v) is 7.62. The predicted octanol–water partition coefficient (Wildman–Crippen LogP) is 3.68. The van der Waals surface area contributed by atoms with Crippen LogP contribution in [0.5, 0.6) is 5.75 Å². The van der Waals surface area contributed by atoms with Crippen LogP contribution in [0.3, 0.4) is 0 Å². The number of hydrogen-bond acceptors (Lipinski definition) is 6. The van der Waals surface area contributed by atoms with Crippen LogP contribution in [0, 0.1) is 0 Å². The Morgan fingerprint density at radius 3 is 2.64 bits per heavy atom. The van der Waals surface area contributed by atoms with Crippen molar-refractivity contribution in [2.75, 3.05) is 19.5 Å². The molecule has 0 radical (unpaired) electrons. The summed E-state index contributed by atoms with van der Waals surface area (Å²) in [6, 6.07) is 16.5. The van der Waals surface area contributed by atoms with Crippen LogP contribution >= 0.6 is 0 Å². The number of benzene rings is 2. The number of carbonyl (C=O) groups is 1. The van der Waals surface area contributed by atoms with Crippen LogP contribution in [0.4, 0.5) is 11.5 Å². The standard InChI is InChI=1S/C19H17N3O3/c1-24-17-9-4-3-8-15(17)16-11-18(21-12-20-16)22-14-7-5-6-13(10-14)19(23)25-2/h3-12H,1-2H3,(H,20,21,22). The van der Waals surface area contributed by atoms with Crippen molar-refractivity contribution < 1.29 is 14.3 Å². The van der Waals surface area contributed by atoms with E-state index in [4.69, 9.17) is 9.47 Å². The topological polar surface area (TPSA) is 73.3 Å². The van der Waals surface area contributed by atoms with E-state index in [-0.39, 0.29) is 5.97 Å². The lowest BCUT2D eigenvalue weighted by atomic mass is 10.1. The van der Waals surface area contributed by atoms with Gasteiger partial charge in [0.25, 0.3) is 0 Å².